The Labute approximate surface area is 127 Å². The highest BCUT2D eigenvalue weighted by Crippen LogP contribution is 2.34. The molecule has 0 atom stereocenters. The molecule has 0 saturated carbocycles. The Bertz CT molecular complexity index is 697. The molecule has 1 N–H and O–H groups in total. The first-order valence-electron chi connectivity index (χ1n) is 6.48. The van der Waals surface area contributed by atoms with Crippen molar-refractivity contribution in [3.63, 3.8) is 0 Å². The van der Waals surface area contributed by atoms with Crippen molar-refractivity contribution >= 4 is 11.6 Å². The third-order valence-corrected chi connectivity index (χ3v) is 3.11. The number of aromatic nitrogens is 1. The Morgan fingerprint density at radius 2 is 1.77 bits per heavy atom. The average Bonchev–Trinajstić information content (AvgIpc) is 2.54. The predicted molar refractivity (Wildman–Crippen MR) is 78.7 cm³/mol. The highest BCUT2D eigenvalue weighted by Gasteiger charge is 2.22. The molecule has 2 aromatic rings. The van der Waals surface area contributed by atoms with Gasteiger partial charge in [-0.1, -0.05) is 0 Å². The van der Waals surface area contributed by atoms with Gasteiger partial charge in [0.25, 0.3) is 0 Å². The summed E-state index contributed by atoms with van der Waals surface area (Å²) in [6, 6.07) is 5.83. The summed E-state index contributed by atoms with van der Waals surface area (Å²) in [5.41, 5.74) is 0.348. The first-order chi connectivity index (χ1) is 10.6. The van der Waals surface area contributed by atoms with Gasteiger partial charge in [-0.3, -0.25) is 14.6 Å². The van der Waals surface area contributed by atoms with Crippen LogP contribution in [-0.4, -0.2) is 35.9 Å². The molecule has 0 amide bonds. The number of carbonyl (C=O) groups is 2. The number of hydrogen-bond donors (Lipinski definition) is 1. The molecular weight excluding hydrogens is 286 g/mol. The van der Waals surface area contributed by atoms with Crippen LogP contribution in [0, 0.1) is 0 Å². The van der Waals surface area contributed by atoms with Crippen molar-refractivity contribution in [1.82, 2.24) is 4.98 Å². The Kier molecular flexibility index (Phi) is 4.73. The average molecular weight is 301 g/mol. The maximum Gasteiger partial charge on any atom is 0.178 e. The van der Waals surface area contributed by atoms with Crippen molar-refractivity contribution in [2.24, 2.45) is 0 Å². The van der Waals surface area contributed by atoms with E-state index in [2.05, 4.69) is 4.98 Å². The van der Waals surface area contributed by atoms with E-state index in [9.17, 15) is 14.7 Å². The van der Waals surface area contributed by atoms with Crippen molar-refractivity contribution < 1.29 is 24.2 Å². The van der Waals surface area contributed by atoms with Crippen molar-refractivity contribution in [3.8, 4) is 17.2 Å². The molecule has 0 bridgehead atoms. The van der Waals surface area contributed by atoms with E-state index in [-0.39, 0.29) is 29.3 Å². The van der Waals surface area contributed by atoms with E-state index in [4.69, 9.17) is 9.47 Å². The van der Waals surface area contributed by atoms with Crippen LogP contribution in [-0.2, 0) is 0 Å². The zero-order chi connectivity index (χ0) is 16.1. The maximum atomic E-state index is 12.3. The number of Topliss-reactive ketones (excluding diaryl/α,β-unsaturated/α-hetero) is 2. The Morgan fingerprint density at radius 3 is 2.36 bits per heavy atom. The number of phenolic OH excluding ortho intramolecular Hbond substituents is 1. The molecule has 0 saturated heterocycles. The SMILES string of the molecule is COc1cc(O)c(C(=O)CC(=O)c2ccncc2)c(OC)c1. The second-order valence-electron chi connectivity index (χ2n) is 4.48. The molecule has 0 unspecified atom stereocenters. The number of aromatic hydroxyl groups is 1. The molecule has 2 rings (SSSR count). The van der Waals surface area contributed by atoms with E-state index in [1.165, 1.54) is 50.9 Å². The largest absolute Gasteiger partial charge is 0.507 e. The number of hydrogen-bond acceptors (Lipinski definition) is 6. The minimum atomic E-state index is -0.529. The number of pyridine rings is 1. The molecule has 22 heavy (non-hydrogen) atoms. The molecule has 0 aliphatic heterocycles. The molecule has 0 radical (unpaired) electrons. The normalized spacial score (nSPS) is 10.1. The standard InChI is InChI=1S/C16H15NO5/c1-21-11-7-13(19)16(15(8-11)22-2)14(20)9-12(18)10-3-5-17-6-4-10/h3-8,19H,9H2,1-2H3. The number of ketones is 2. The lowest BCUT2D eigenvalue weighted by Gasteiger charge is -2.11. The van der Waals surface area contributed by atoms with Crippen LogP contribution in [0.25, 0.3) is 0 Å². The van der Waals surface area contributed by atoms with Crippen molar-refractivity contribution in [3.05, 3.63) is 47.8 Å². The zero-order valence-corrected chi connectivity index (χ0v) is 12.2. The van der Waals surface area contributed by atoms with Gasteiger partial charge in [-0.15, -0.1) is 0 Å². The number of ether oxygens (including phenoxy) is 2. The number of nitrogens with zero attached hydrogens (tertiary/aromatic N) is 1. The molecule has 1 aromatic carbocycles. The minimum absolute atomic E-state index is 0.0364. The monoisotopic (exact) mass is 301 g/mol. The van der Waals surface area contributed by atoms with E-state index in [0.717, 1.165) is 0 Å². The van der Waals surface area contributed by atoms with Gasteiger partial charge in [0, 0.05) is 30.1 Å². The highest BCUT2D eigenvalue weighted by molar-refractivity contribution is 6.15. The number of methoxy groups -OCH3 is 2. The maximum absolute atomic E-state index is 12.3. The third kappa shape index (κ3) is 3.22. The summed E-state index contributed by atoms with van der Waals surface area (Å²) in [5, 5.41) is 9.99. The van der Waals surface area contributed by atoms with Crippen molar-refractivity contribution in [2.45, 2.75) is 6.42 Å². The Hall–Kier alpha value is -2.89. The quantitative estimate of drug-likeness (QED) is 0.650. The second kappa shape index (κ2) is 6.71. The number of phenols is 1. The van der Waals surface area contributed by atoms with Crippen LogP contribution in [0.5, 0.6) is 17.2 Å². The molecule has 6 heteroatoms. The summed E-state index contributed by atoms with van der Waals surface area (Å²) < 4.78 is 10.1. The van der Waals surface area contributed by atoms with Gasteiger partial charge in [-0.05, 0) is 12.1 Å². The third-order valence-electron chi connectivity index (χ3n) is 3.11. The van der Waals surface area contributed by atoms with Crippen LogP contribution in [0.2, 0.25) is 0 Å². The lowest BCUT2D eigenvalue weighted by Crippen LogP contribution is -2.10. The summed E-state index contributed by atoms with van der Waals surface area (Å²) in [4.78, 5) is 28.2. The summed E-state index contributed by atoms with van der Waals surface area (Å²) in [7, 11) is 2.80. The fourth-order valence-corrected chi connectivity index (χ4v) is 2.01. The van der Waals surface area contributed by atoms with Gasteiger partial charge in [0.15, 0.2) is 11.6 Å². The van der Waals surface area contributed by atoms with Crippen LogP contribution in [0.1, 0.15) is 27.1 Å². The van der Waals surface area contributed by atoms with Crippen LogP contribution in [0.4, 0.5) is 0 Å². The van der Waals surface area contributed by atoms with Gasteiger partial charge >= 0.3 is 0 Å². The van der Waals surface area contributed by atoms with Crippen LogP contribution in [0.3, 0.4) is 0 Å². The molecule has 0 spiro atoms. The summed E-state index contributed by atoms with van der Waals surface area (Å²) in [6.45, 7) is 0. The smallest absolute Gasteiger partial charge is 0.178 e. The molecule has 114 valence electrons. The lowest BCUT2D eigenvalue weighted by atomic mass is 10.0. The fraction of sp³-hybridized carbons (Fsp3) is 0.188. The number of benzene rings is 1. The number of carbonyl (C=O) groups excluding carboxylic acids is 2. The van der Waals surface area contributed by atoms with Gasteiger partial charge in [-0.25, -0.2) is 0 Å². The minimum Gasteiger partial charge on any atom is -0.507 e. The first-order valence-corrected chi connectivity index (χ1v) is 6.48. The topological polar surface area (TPSA) is 85.7 Å². The van der Waals surface area contributed by atoms with Gasteiger partial charge in [-0.2, -0.15) is 0 Å². The molecule has 0 aliphatic rings. The highest BCUT2D eigenvalue weighted by atomic mass is 16.5. The van der Waals surface area contributed by atoms with Crippen molar-refractivity contribution in [1.29, 1.82) is 0 Å². The molecule has 0 aliphatic carbocycles. The summed E-state index contributed by atoms with van der Waals surface area (Å²) in [5.74, 6) is -0.664. The Morgan fingerprint density at radius 1 is 1.09 bits per heavy atom. The molecular formula is C16H15NO5. The van der Waals surface area contributed by atoms with E-state index in [0.29, 0.717) is 11.3 Å². The summed E-state index contributed by atoms with van der Waals surface area (Å²) >= 11 is 0. The van der Waals surface area contributed by atoms with Gasteiger partial charge in [0.05, 0.1) is 20.6 Å². The van der Waals surface area contributed by atoms with Crippen molar-refractivity contribution in [2.75, 3.05) is 14.2 Å². The Balaban J connectivity index is 2.28. The van der Waals surface area contributed by atoms with Crippen LogP contribution in [0.15, 0.2) is 36.7 Å². The second-order valence-corrected chi connectivity index (χ2v) is 4.48. The lowest BCUT2D eigenvalue weighted by molar-refractivity contribution is 0.0891. The van der Waals surface area contributed by atoms with Gasteiger partial charge in [0.1, 0.15) is 22.8 Å². The molecule has 1 aromatic heterocycles. The van der Waals surface area contributed by atoms with Crippen LogP contribution < -0.4 is 9.47 Å². The fourth-order valence-electron chi connectivity index (χ4n) is 2.01. The molecule has 6 nitrogen and oxygen atoms in total. The van der Waals surface area contributed by atoms with E-state index < -0.39 is 5.78 Å². The van der Waals surface area contributed by atoms with E-state index in [1.807, 2.05) is 0 Å². The summed E-state index contributed by atoms with van der Waals surface area (Å²) in [6.07, 6.45) is 2.58. The van der Waals surface area contributed by atoms with E-state index in [1.54, 1.807) is 0 Å². The first kappa shape index (κ1) is 15.5. The number of rotatable bonds is 6. The molecule has 1 heterocycles. The van der Waals surface area contributed by atoms with Crippen LogP contribution >= 0.6 is 0 Å². The molecule has 0 fully saturated rings. The van der Waals surface area contributed by atoms with Gasteiger partial charge < -0.3 is 14.6 Å². The zero-order valence-electron chi connectivity index (χ0n) is 12.2. The van der Waals surface area contributed by atoms with E-state index >= 15 is 0 Å². The predicted octanol–water partition coefficient (Wildman–Crippen LogP) is 2.26. The van der Waals surface area contributed by atoms with Gasteiger partial charge in [0.2, 0.25) is 0 Å².